The number of aromatic nitrogens is 1. The van der Waals surface area contributed by atoms with E-state index in [4.69, 9.17) is 22.0 Å². The summed E-state index contributed by atoms with van der Waals surface area (Å²) in [5, 5.41) is 19.1. The zero-order valence-electron chi connectivity index (χ0n) is 14.9. The highest BCUT2D eigenvalue weighted by molar-refractivity contribution is 5.95. The first kappa shape index (κ1) is 20.3. The van der Waals surface area contributed by atoms with Gasteiger partial charge in [-0.2, -0.15) is 0 Å². The Morgan fingerprint density at radius 3 is 2.44 bits per heavy atom. The van der Waals surface area contributed by atoms with Gasteiger partial charge in [-0.1, -0.05) is 0 Å². The van der Waals surface area contributed by atoms with Crippen LogP contribution in [0.5, 0.6) is 0 Å². The van der Waals surface area contributed by atoms with E-state index < -0.39 is 17.9 Å². The molecule has 0 aromatic carbocycles. The zero-order valence-corrected chi connectivity index (χ0v) is 14.9. The van der Waals surface area contributed by atoms with Gasteiger partial charge in [0.2, 0.25) is 11.8 Å². The van der Waals surface area contributed by atoms with E-state index in [2.05, 4.69) is 10.3 Å². The van der Waals surface area contributed by atoms with Gasteiger partial charge in [-0.05, 0) is 44.4 Å². The molecule has 2 aliphatic rings. The Bertz CT molecular complexity index is 682. The lowest BCUT2D eigenvalue weighted by Crippen LogP contribution is -2.48. The van der Waals surface area contributed by atoms with E-state index in [1.165, 1.54) is 23.2 Å². The maximum Gasteiger partial charge on any atom is 0.326 e. The lowest BCUT2D eigenvalue weighted by atomic mass is 10.1. The van der Waals surface area contributed by atoms with Gasteiger partial charge in [-0.3, -0.25) is 20.0 Å². The van der Waals surface area contributed by atoms with Gasteiger partial charge in [0, 0.05) is 12.7 Å². The van der Waals surface area contributed by atoms with Crippen LogP contribution in [-0.4, -0.2) is 63.8 Å². The van der Waals surface area contributed by atoms with Gasteiger partial charge in [0.15, 0.2) is 0 Å². The third-order valence-corrected chi connectivity index (χ3v) is 4.50. The summed E-state index contributed by atoms with van der Waals surface area (Å²) < 4.78 is 0. The maximum atomic E-state index is 12.0. The van der Waals surface area contributed by atoms with Crippen LogP contribution in [0.25, 0.3) is 0 Å². The molecule has 1 aromatic heterocycles. The number of rotatable bonds is 4. The number of amidine groups is 1. The molecule has 10 heteroatoms. The number of likely N-dealkylation sites (tertiary alicyclic amines) is 1. The van der Waals surface area contributed by atoms with Gasteiger partial charge in [0.05, 0.1) is 11.6 Å². The summed E-state index contributed by atoms with van der Waals surface area (Å²) in [6, 6.07) is 2.21. The first-order valence-electron chi connectivity index (χ1n) is 8.68. The molecule has 146 valence electrons. The van der Waals surface area contributed by atoms with E-state index in [1.54, 1.807) is 0 Å². The summed E-state index contributed by atoms with van der Waals surface area (Å²) in [5.41, 5.74) is 10.8. The Morgan fingerprint density at radius 1 is 1.22 bits per heavy atom. The average Bonchev–Trinajstić information content (AvgIpc) is 3.33. The highest BCUT2D eigenvalue weighted by atomic mass is 16.4. The summed E-state index contributed by atoms with van der Waals surface area (Å²) in [7, 11) is 0. The van der Waals surface area contributed by atoms with Crippen LogP contribution >= 0.6 is 0 Å². The normalized spacial score (nSPS) is 21.3. The number of aliphatic carboxylic acids is 1. The summed E-state index contributed by atoms with van der Waals surface area (Å²) in [4.78, 5) is 38.7. The number of hydrogen-bond donors (Lipinski definition) is 5. The topological polar surface area (TPSA) is 175 Å². The molecule has 2 amide bonds. The van der Waals surface area contributed by atoms with Gasteiger partial charge in [-0.15, -0.1) is 0 Å². The number of carboxylic acids is 1. The van der Waals surface area contributed by atoms with Gasteiger partial charge < -0.3 is 26.8 Å². The molecule has 27 heavy (non-hydrogen) atoms. The number of pyridine rings is 1. The van der Waals surface area contributed by atoms with E-state index in [-0.39, 0.29) is 17.8 Å². The maximum absolute atomic E-state index is 12.0. The predicted octanol–water partition coefficient (Wildman–Crippen LogP) is -0.721. The number of nitrogens with one attached hydrogen (secondary N) is 2. The number of carboxylic acid groups (broad SMARTS) is 1. The number of hydrogen-bond acceptors (Lipinski definition) is 6. The van der Waals surface area contributed by atoms with Crippen molar-refractivity contribution in [1.82, 2.24) is 15.2 Å². The van der Waals surface area contributed by atoms with E-state index in [0.717, 1.165) is 25.8 Å². The lowest BCUT2D eigenvalue weighted by Gasteiger charge is -2.24. The molecule has 2 atom stereocenters. The summed E-state index contributed by atoms with van der Waals surface area (Å²) in [5.74, 6) is -1.58. The fourth-order valence-corrected chi connectivity index (χ4v) is 3.08. The summed E-state index contributed by atoms with van der Waals surface area (Å²) in [6.07, 6.45) is 4.52. The van der Waals surface area contributed by atoms with E-state index in [9.17, 15) is 14.4 Å². The number of nitrogens with two attached hydrogens (primary N) is 2. The largest absolute Gasteiger partial charge is 0.480 e. The first-order chi connectivity index (χ1) is 12.8. The number of nitrogen functional groups attached to an aromatic ring is 1. The molecule has 0 saturated carbocycles. The van der Waals surface area contributed by atoms with Crippen LogP contribution in [-0.2, 0) is 9.59 Å². The second-order valence-corrected chi connectivity index (χ2v) is 6.39. The summed E-state index contributed by atoms with van der Waals surface area (Å²) in [6.45, 7) is 1.45. The van der Waals surface area contributed by atoms with Gasteiger partial charge in [-0.25, -0.2) is 4.79 Å². The molecule has 0 spiro atoms. The molecule has 0 radical (unpaired) electrons. The van der Waals surface area contributed by atoms with Crippen LogP contribution in [0.4, 0.5) is 0 Å². The van der Waals surface area contributed by atoms with Crippen molar-refractivity contribution in [2.75, 3.05) is 13.1 Å². The van der Waals surface area contributed by atoms with Crippen molar-refractivity contribution in [3.8, 4) is 0 Å². The molecule has 1 aromatic rings. The number of amides is 2. The fourth-order valence-electron chi connectivity index (χ4n) is 3.08. The molecule has 0 aliphatic carbocycles. The smallest absolute Gasteiger partial charge is 0.326 e. The second kappa shape index (κ2) is 9.08. The van der Waals surface area contributed by atoms with Crippen molar-refractivity contribution >= 4 is 23.6 Å². The third-order valence-electron chi connectivity index (χ3n) is 4.50. The van der Waals surface area contributed by atoms with Gasteiger partial charge in [0.1, 0.15) is 17.6 Å². The molecule has 0 unspecified atom stereocenters. The monoisotopic (exact) mass is 376 g/mol. The molecular weight excluding hydrogens is 352 g/mol. The minimum absolute atomic E-state index is 0.0302. The molecule has 7 N–H and O–H groups in total. The lowest BCUT2D eigenvalue weighted by molar-refractivity contribution is -0.148. The number of nitrogens with zero attached hydrogens (tertiary/aromatic N) is 2. The molecule has 2 aliphatic heterocycles. The zero-order chi connectivity index (χ0) is 20.0. The molecule has 0 bridgehead atoms. The average molecular weight is 376 g/mol. The number of primary amides is 1. The highest BCUT2D eigenvalue weighted by Gasteiger charge is 2.37. The Morgan fingerprint density at radius 2 is 1.96 bits per heavy atom. The Hall–Kier alpha value is -3.01. The van der Waals surface area contributed by atoms with Crippen LogP contribution in [0.2, 0.25) is 0 Å². The van der Waals surface area contributed by atoms with Gasteiger partial charge >= 0.3 is 5.97 Å². The van der Waals surface area contributed by atoms with E-state index >= 15 is 0 Å². The first-order valence-corrected chi connectivity index (χ1v) is 8.68. The van der Waals surface area contributed by atoms with Crippen molar-refractivity contribution in [2.45, 2.75) is 37.8 Å². The van der Waals surface area contributed by atoms with Crippen molar-refractivity contribution in [2.24, 2.45) is 11.5 Å². The Balaban J connectivity index is 0.000000199. The molecular formula is C17H24N6O4. The van der Waals surface area contributed by atoms with Crippen molar-refractivity contribution in [3.63, 3.8) is 0 Å². The SMILES string of the molecule is N=C(N)c1ccc(C(N)=O)cn1.O=C(O)[C@@H]1CCCN1C(=O)[C@@H]1CCCN1. The molecule has 3 heterocycles. The number of carbonyl (C=O) groups excluding carboxylic acids is 2. The summed E-state index contributed by atoms with van der Waals surface area (Å²) >= 11 is 0. The van der Waals surface area contributed by atoms with Crippen molar-refractivity contribution < 1.29 is 19.5 Å². The van der Waals surface area contributed by atoms with Crippen LogP contribution in [0.15, 0.2) is 18.3 Å². The quantitative estimate of drug-likeness (QED) is 0.340. The minimum Gasteiger partial charge on any atom is -0.480 e. The van der Waals surface area contributed by atoms with E-state index in [0.29, 0.717) is 24.2 Å². The van der Waals surface area contributed by atoms with E-state index in [1.807, 2.05) is 0 Å². The molecule has 3 rings (SSSR count). The standard InChI is InChI=1S/C10H16N2O3.C7H8N4O/c13-9(7-3-1-5-11-7)12-6-2-4-8(12)10(14)15;8-6(9)5-2-1-4(3-11-5)7(10)12/h7-8,11H,1-6H2,(H,14,15);1-3H,(H3,8,9)(H2,10,12)/t7-,8-;/m0./s1. The predicted molar refractivity (Wildman–Crippen MR) is 97.2 cm³/mol. The third kappa shape index (κ3) is 5.23. The van der Waals surface area contributed by atoms with Crippen LogP contribution in [0, 0.1) is 5.41 Å². The van der Waals surface area contributed by atoms with Crippen LogP contribution in [0.3, 0.4) is 0 Å². The molecule has 2 saturated heterocycles. The fraction of sp³-hybridized carbons (Fsp3) is 0.471. The van der Waals surface area contributed by atoms with Crippen LogP contribution < -0.4 is 16.8 Å². The molecule has 2 fully saturated rings. The van der Waals surface area contributed by atoms with Crippen molar-refractivity contribution in [3.05, 3.63) is 29.6 Å². The highest BCUT2D eigenvalue weighted by Crippen LogP contribution is 2.20. The minimum atomic E-state index is -0.876. The Kier molecular flexibility index (Phi) is 6.83. The number of carbonyl (C=O) groups is 3. The van der Waals surface area contributed by atoms with Crippen molar-refractivity contribution in [1.29, 1.82) is 5.41 Å². The van der Waals surface area contributed by atoms with Gasteiger partial charge in [0.25, 0.3) is 0 Å². The second-order valence-electron chi connectivity index (χ2n) is 6.39. The Labute approximate surface area is 156 Å². The van der Waals surface area contributed by atoms with Crippen LogP contribution in [0.1, 0.15) is 41.7 Å². The molecule has 10 nitrogen and oxygen atoms in total.